The zero-order valence-corrected chi connectivity index (χ0v) is 15.8. The Morgan fingerprint density at radius 3 is 2.43 bits per heavy atom. The summed E-state index contributed by atoms with van der Waals surface area (Å²) < 4.78 is 42.8. The van der Waals surface area contributed by atoms with Crippen LogP contribution in [-0.4, -0.2) is 29.2 Å². The van der Waals surface area contributed by atoms with Gasteiger partial charge in [-0.1, -0.05) is 12.1 Å². The maximum Gasteiger partial charge on any atom is 0.416 e. The minimum absolute atomic E-state index is 0.0926. The van der Waals surface area contributed by atoms with Gasteiger partial charge in [0.1, 0.15) is 0 Å². The molecule has 1 saturated heterocycles. The first-order chi connectivity index (χ1) is 14.4. The lowest BCUT2D eigenvalue weighted by molar-refractivity contribution is -0.137. The number of amides is 1. The highest BCUT2D eigenvalue weighted by molar-refractivity contribution is 5.80. The van der Waals surface area contributed by atoms with Crippen LogP contribution in [0.4, 0.5) is 24.5 Å². The van der Waals surface area contributed by atoms with Crippen molar-refractivity contribution in [3.8, 4) is 11.5 Å². The molecule has 158 valence electrons. The lowest BCUT2D eigenvalue weighted by Gasteiger charge is -2.11. The lowest BCUT2D eigenvalue weighted by Crippen LogP contribution is -2.24. The van der Waals surface area contributed by atoms with Gasteiger partial charge in [0.2, 0.25) is 18.2 Å². The molecule has 1 aromatic heterocycles. The third kappa shape index (κ3) is 5.35. The monoisotopic (exact) mass is 419 g/mol. The Morgan fingerprint density at radius 1 is 1.17 bits per heavy atom. The van der Waals surface area contributed by atoms with Gasteiger partial charge in [0.05, 0.1) is 22.7 Å². The van der Waals surface area contributed by atoms with E-state index in [1.165, 1.54) is 18.5 Å². The van der Waals surface area contributed by atoms with Crippen molar-refractivity contribution in [2.45, 2.75) is 12.6 Å². The van der Waals surface area contributed by atoms with Crippen LogP contribution in [0, 0.1) is 5.92 Å². The molecule has 4 rings (SSSR count). The number of rotatable bonds is 4. The number of carbonyl (C=O) groups is 1. The number of nitrogens with one attached hydrogen (secondary N) is 2. The van der Waals surface area contributed by atoms with E-state index in [1.807, 2.05) is 0 Å². The number of benzene rings is 2. The van der Waals surface area contributed by atoms with Crippen molar-refractivity contribution in [2.24, 2.45) is 11.7 Å². The van der Waals surface area contributed by atoms with Crippen LogP contribution < -0.4 is 16.4 Å². The van der Waals surface area contributed by atoms with Crippen LogP contribution in [0.3, 0.4) is 0 Å². The molecule has 1 aliphatic heterocycles. The van der Waals surface area contributed by atoms with Gasteiger partial charge >= 0.3 is 6.18 Å². The average Bonchev–Trinajstić information content (AvgIpc) is 3.40. The van der Waals surface area contributed by atoms with Gasteiger partial charge in [-0.15, -0.1) is 10.2 Å². The number of para-hydroxylation sites is 1. The second-order valence-electron chi connectivity index (χ2n) is 6.50. The van der Waals surface area contributed by atoms with Crippen LogP contribution in [0.5, 0.6) is 0 Å². The van der Waals surface area contributed by atoms with Crippen molar-refractivity contribution in [3.05, 3.63) is 60.5 Å². The van der Waals surface area contributed by atoms with Gasteiger partial charge in [0.15, 0.2) is 0 Å². The fourth-order valence-corrected chi connectivity index (χ4v) is 2.84. The summed E-state index contributed by atoms with van der Waals surface area (Å²) in [5.74, 6) is 0.539. The number of aromatic nitrogens is 2. The van der Waals surface area contributed by atoms with Gasteiger partial charge in [0, 0.05) is 18.8 Å². The van der Waals surface area contributed by atoms with Gasteiger partial charge in [-0.3, -0.25) is 4.79 Å². The van der Waals surface area contributed by atoms with Gasteiger partial charge in [-0.05, 0) is 42.8 Å². The largest absolute Gasteiger partial charge is 0.423 e. The van der Waals surface area contributed by atoms with E-state index in [0.717, 1.165) is 25.1 Å². The van der Waals surface area contributed by atoms with Crippen LogP contribution in [0.2, 0.25) is 0 Å². The van der Waals surface area contributed by atoms with Gasteiger partial charge in [-0.2, -0.15) is 13.2 Å². The van der Waals surface area contributed by atoms with E-state index in [1.54, 1.807) is 24.3 Å². The quantitative estimate of drug-likeness (QED) is 0.597. The highest BCUT2D eigenvalue weighted by Crippen LogP contribution is 2.32. The Kier molecular flexibility index (Phi) is 6.68. The van der Waals surface area contributed by atoms with Gasteiger partial charge in [0.25, 0.3) is 0 Å². The number of carbonyl (C=O) groups excluding carboxylic acids is 1. The fraction of sp³-hybridized carbons (Fsp3) is 0.250. The van der Waals surface area contributed by atoms with E-state index in [2.05, 4.69) is 20.8 Å². The van der Waals surface area contributed by atoms with Crippen molar-refractivity contribution in [2.75, 3.05) is 18.4 Å². The summed E-state index contributed by atoms with van der Waals surface area (Å²) in [6.45, 7) is 1.30. The molecule has 1 aliphatic rings. The molecule has 0 bridgehead atoms. The normalized spacial score (nSPS) is 15.9. The van der Waals surface area contributed by atoms with Crippen molar-refractivity contribution < 1.29 is 22.4 Å². The molecule has 1 fully saturated rings. The molecule has 1 unspecified atom stereocenters. The van der Waals surface area contributed by atoms with Crippen molar-refractivity contribution in [1.82, 2.24) is 15.5 Å². The van der Waals surface area contributed by atoms with E-state index >= 15 is 0 Å². The summed E-state index contributed by atoms with van der Waals surface area (Å²) in [5.41, 5.74) is 6.43. The fourth-order valence-electron chi connectivity index (χ4n) is 2.84. The van der Waals surface area contributed by atoms with Crippen LogP contribution >= 0.6 is 0 Å². The predicted octanol–water partition coefficient (Wildman–Crippen LogP) is 3.58. The molecule has 0 saturated carbocycles. The first-order valence-electron chi connectivity index (χ1n) is 9.16. The molecular formula is C20H20F3N5O2. The topological polar surface area (TPSA) is 106 Å². The molecule has 0 spiro atoms. The Labute approximate surface area is 170 Å². The Morgan fingerprint density at radius 2 is 1.90 bits per heavy atom. The molecule has 1 amide bonds. The van der Waals surface area contributed by atoms with E-state index in [9.17, 15) is 18.0 Å². The second kappa shape index (κ2) is 9.40. The van der Waals surface area contributed by atoms with E-state index in [4.69, 9.17) is 10.2 Å². The molecule has 30 heavy (non-hydrogen) atoms. The third-order valence-corrected chi connectivity index (χ3v) is 4.46. The maximum atomic E-state index is 12.5. The summed E-state index contributed by atoms with van der Waals surface area (Å²) in [6, 6.07) is 11.9. The standard InChI is InChI=1S/C15H10F3N3O.C5H10N2O/c16-15(17,18)10-5-7-11(8-6-10)20-13-4-2-1-3-12(13)14-21-19-9-22-14;6-3-4-1-2-7-5(4)8/h1-9,20H;4H,1-3,6H2,(H,7,8). The number of alkyl halides is 3. The number of nitrogens with zero attached hydrogens (tertiary/aromatic N) is 2. The molecule has 3 aromatic rings. The van der Waals surface area contributed by atoms with Crippen molar-refractivity contribution >= 4 is 17.3 Å². The molecular weight excluding hydrogens is 399 g/mol. The summed E-state index contributed by atoms with van der Waals surface area (Å²) in [6.07, 6.45) is -2.22. The SMILES string of the molecule is FC(F)(F)c1ccc(Nc2ccccc2-c2nnco2)cc1.NCC1CCNC1=O. The minimum atomic E-state index is -4.35. The maximum absolute atomic E-state index is 12.5. The Bertz CT molecular complexity index is 959. The first-order valence-corrected chi connectivity index (χ1v) is 9.16. The Hall–Kier alpha value is -3.40. The predicted molar refractivity (Wildman–Crippen MR) is 105 cm³/mol. The number of nitrogens with two attached hydrogens (primary N) is 1. The highest BCUT2D eigenvalue weighted by atomic mass is 19.4. The zero-order valence-electron chi connectivity index (χ0n) is 15.8. The zero-order chi connectivity index (χ0) is 21.6. The molecule has 7 nitrogen and oxygen atoms in total. The molecule has 2 heterocycles. The molecule has 0 radical (unpaired) electrons. The summed E-state index contributed by atoms with van der Waals surface area (Å²) >= 11 is 0. The van der Waals surface area contributed by atoms with Crippen LogP contribution in [-0.2, 0) is 11.0 Å². The van der Waals surface area contributed by atoms with E-state index < -0.39 is 11.7 Å². The summed E-state index contributed by atoms with van der Waals surface area (Å²) in [7, 11) is 0. The summed E-state index contributed by atoms with van der Waals surface area (Å²) in [4.78, 5) is 10.6. The van der Waals surface area contributed by atoms with E-state index in [-0.39, 0.29) is 11.8 Å². The molecule has 2 aromatic carbocycles. The summed E-state index contributed by atoms with van der Waals surface area (Å²) in [5, 5.41) is 13.2. The van der Waals surface area contributed by atoms with E-state index in [0.29, 0.717) is 29.4 Å². The average molecular weight is 419 g/mol. The highest BCUT2D eigenvalue weighted by Gasteiger charge is 2.30. The number of anilines is 2. The van der Waals surface area contributed by atoms with Gasteiger partial charge < -0.3 is 20.8 Å². The molecule has 10 heteroatoms. The second-order valence-corrected chi connectivity index (χ2v) is 6.50. The van der Waals surface area contributed by atoms with Crippen LogP contribution in [0.15, 0.2) is 59.3 Å². The molecule has 0 aliphatic carbocycles. The third-order valence-electron chi connectivity index (χ3n) is 4.46. The number of halogens is 3. The molecule has 1 atom stereocenters. The lowest BCUT2D eigenvalue weighted by atomic mass is 10.1. The smallest absolute Gasteiger partial charge is 0.416 e. The number of hydrogen-bond acceptors (Lipinski definition) is 6. The van der Waals surface area contributed by atoms with Crippen molar-refractivity contribution in [1.29, 1.82) is 0 Å². The van der Waals surface area contributed by atoms with Crippen LogP contribution in [0.25, 0.3) is 11.5 Å². The van der Waals surface area contributed by atoms with Gasteiger partial charge in [-0.25, -0.2) is 0 Å². The molecule has 4 N–H and O–H groups in total. The van der Waals surface area contributed by atoms with Crippen molar-refractivity contribution in [3.63, 3.8) is 0 Å². The first kappa shape index (κ1) is 21.3. The number of hydrogen-bond donors (Lipinski definition) is 3. The Balaban J connectivity index is 0.000000269. The van der Waals surface area contributed by atoms with Crippen LogP contribution in [0.1, 0.15) is 12.0 Å². The minimum Gasteiger partial charge on any atom is -0.423 e.